The highest BCUT2D eigenvalue weighted by molar-refractivity contribution is 6.32. The Morgan fingerprint density at radius 2 is 2.04 bits per heavy atom. The smallest absolute Gasteiger partial charge is 0.254 e. The summed E-state index contributed by atoms with van der Waals surface area (Å²) >= 11 is 11.8. The van der Waals surface area contributed by atoms with Gasteiger partial charge in [0.25, 0.3) is 5.91 Å². The van der Waals surface area contributed by atoms with Crippen LogP contribution in [0.4, 0.5) is 4.39 Å². The van der Waals surface area contributed by atoms with Gasteiger partial charge in [0.1, 0.15) is 16.6 Å². The van der Waals surface area contributed by atoms with E-state index in [2.05, 4.69) is 4.98 Å². The van der Waals surface area contributed by atoms with Gasteiger partial charge in [-0.3, -0.25) is 9.78 Å². The maximum Gasteiger partial charge on any atom is 0.254 e. The van der Waals surface area contributed by atoms with Crippen molar-refractivity contribution >= 4 is 29.1 Å². The monoisotopic (exact) mass is 382 g/mol. The topological polar surface area (TPSA) is 42.4 Å². The molecule has 0 unspecified atom stereocenters. The first-order valence-electron chi connectivity index (χ1n) is 8.00. The van der Waals surface area contributed by atoms with Gasteiger partial charge in [-0.1, -0.05) is 23.2 Å². The molecule has 0 spiro atoms. The molecule has 25 heavy (non-hydrogen) atoms. The van der Waals surface area contributed by atoms with E-state index in [1.54, 1.807) is 23.4 Å². The van der Waals surface area contributed by atoms with Gasteiger partial charge in [0, 0.05) is 42.1 Å². The number of likely N-dealkylation sites (tertiary alicyclic amines) is 1. The van der Waals surface area contributed by atoms with Crippen LogP contribution in [0.25, 0.3) is 0 Å². The summed E-state index contributed by atoms with van der Waals surface area (Å²) in [4.78, 5) is 18.1. The molecular weight excluding hydrogens is 366 g/mol. The van der Waals surface area contributed by atoms with E-state index in [1.165, 1.54) is 18.2 Å². The fourth-order valence-corrected chi connectivity index (χ4v) is 3.25. The van der Waals surface area contributed by atoms with Crippen molar-refractivity contribution in [2.45, 2.75) is 12.8 Å². The number of ether oxygens (including phenoxy) is 1. The zero-order chi connectivity index (χ0) is 17.8. The molecule has 1 aliphatic rings. The number of carbonyl (C=O) groups excluding carboxylic acids is 1. The average molecular weight is 383 g/mol. The zero-order valence-corrected chi connectivity index (χ0v) is 14.9. The Labute approximate surface area is 155 Å². The fraction of sp³-hybridized carbons (Fsp3) is 0.333. The molecule has 1 aliphatic heterocycles. The van der Waals surface area contributed by atoms with Crippen molar-refractivity contribution in [2.75, 3.05) is 19.7 Å². The first-order chi connectivity index (χ1) is 12.0. The molecule has 4 nitrogen and oxygen atoms in total. The van der Waals surface area contributed by atoms with Gasteiger partial charge in [-0.05, 0) is 37.0 Å². The molecule has 0 N–H and O–H groups in total. The Morgan fingerprint density at radius 1 is 1.28 bits per heavy atom. The van der Waals surface area contributed by atoms with Gasteiger partial charge in [-0.2, -0.15) is 0 Å². The Balaban J connectivity index is 1.53. The maximum absolute atomic E-state index is 13.4. The normalized spacial score (nSPS) is 15.2. The largest absolute Gasteiger partial charge is 0.492 e. The molecule has 1 amide bonds. The maximum atomic E-state index is 13.4. The molecule has 1 fully saturated rings. The summed E-state index contributed by atoms with van der Waals surface area (Å²) in [5.41, 5.74) is 0.281. The number of carbonyl (C=O) groups is 1. The molecule has 3 rings (SSSR count). The van der Waals surface area contributed by atoms with Crippen LogP contribution in [0.3, 0.4) is 0 Å². The van der Waals surface area contributed by atoms with Crippen LogP contribution in [0.15, 0.2) is 36.7 Å². The third-order valence-corrected chi connectivity index (χ3v) is 4.72. The van der Waals surface area contributed by atoms with Gasteiger partial charge in [0.05, 0.1) is 6.61 Å². The summed E-state index contributed by atoms with van der Waals surface area (Å²) in [6.07, 6.45) is 4.81. The van der Waals surface area contributed by atoms with Crippen molar-refractivity contribution in [3.8, 4) is 5.75 Å². The minimum Gasteiger partial charge on any atom is -0.492 e. The lowest BCUT2D eigenvalue weighted by molar-refractivity contribution is 0.0660. The average Bonchev–Trinajstić information content (AvgIpc) is 2.60. The Hall–Kier alpha value is -1.85. The molecule has 1 saturated heterocycles. The molecule has 0 atom stereocenters. The van der Waals surface area contributed by atoms with Crippen molar-refractivity contribution in [3.63, 3.8) is 0 Å². The molecular formula is C18H17Cl2FN2O2. The van der Waals surface area contributed by atoms with Crippen LogP contribution in [0, 0.1) is 11.7 Å². The molecule has 132 valence electrons. The van der Waals surface area contributed by atoms with Crippen molar-refractivity contribution in [3.05, 3.63) is 58.1 Å². The number of aromatic nitrogens is 1. The van der Waals surface area contributed by atoms with Crippen molar-refractivity contribution in [2.24, 2.45) is 5.92 Å². The quantitative estimate of drug-likeness (QED) is 0.783. The highest BCUT2D eigenvalue weighted by Crippen LogP contribution is 2.25. The number of amides is 1. The van der Waals surface area contributed by atoms with Crippen LogP contribution in [-0.4, -0.2) is 35.5 Å². The van der Waals surface area contributed by atoms with Gasteiger partial charge >= 0.3 is 0 Å². The molecule has 0 bridgehead atoms. The van der Waals surface area contributed by atoms with Crippen molar-refractivity contribution < 1.29 is 13.9 Å². The number of halogens is 3. The molecule has 1 aromatic heterocycles. The van der Waals surface area contributed by atoms with Gasteiger partial charge < -0.3 is 9.64 Å². The Bertz CT molecular complexity index is 744. The van der Waals surface area contributed by atoms with E-state index in [9.17, 15) is 9.18 Å². The predicted molar refractivity (Wildman–Crippen MR) is 94.8 cm³/mol. The Morgan fingerprint density at radius 3 is 2.72 bits per heavy atom. The number of piperidine rings is 1. The summed E-state index contributed by atoms with van der Waals surface area (Å²) < 4.78 is 19.2. The van der Waals surface area contributed by atoms with Gasteiger partial charge in [0.2, 0.25) is 0 Å². The third kappa shape index (κ3) is 4.61. The summed E-state index contributed by atoms with van der Waals surface area (Å²) in [7, 11) is 0. The van der Waals surface area contributed by atoms with Crippen LogP contribution < -0.4 is 4.74 Å². The van der Waals surface area contributed by atoms with E-state index in [1.807, 2.05) is 0 Å². The van der Waals surface area contributed by atoms with E-state index in [0.717, 1.165) is 12.8 Å². The van der Waals surface area contributed by atoms with Gasteiger partial charge in [-0.25, -0.2) is 4.39 Å². The lowest BCUT2D eigenvalue weighted by Gasteiger charge is -2.32. The van der Waals surface area contributed by atoms with Gasteiger partial charge in [-0.15, -0.1) is 0 Å². The van der Waals surface area contributed by atoms with E-state index >= 15 is 0 Å². The Kier molecular flexibility index (Phi) is 5.76. The lowest BCUT2D eigenvalue weighted by Crippen LogP contribution is -2.39. The highest BCUT2D eigenvalue weighted by atomic mass is 35.5. The first kappa shape index (κ1) is 18.0. The van der Waals surface area contributed by atoms with Crippen LogP contribution in [0.2, 0.25) is 10.0 Å². The van der Waals surface area contributed by atoms with E-state index in [4.69, 9.17) is 27.9 Å². The number of hydrogen-bond acceptors (Lipinski definition) is 3. The second kappa shape index (κ2) is 8.02. The van der Waals surface area contributed by atoms with Crippen molar-refractivity contribution in [1.82, 2.24) is 9.88 Å². The molecule has 1 aromatic carbocycles. The van der Waals surface area contributed by atoms with Crippen molar-refractivity contribution in [1.29, 1.82) is 0 Å². The first-order valence-corrected chi connectivity index (χ1v) is 8.76. The molecule has 2 heterocycles. The summed E-state index contributed by atoms with van der Waals surface area (Å²) in [6.45, 7) is 1.74. The van der Waals surface area contributed by atoms with Crippen LogP contribution in [-0.2, 0) is 0 Å². The fourth-order valence-electron chi connectivity index (χ4n) is 2.85. The summed E-state index contributed by atoms with van der Waals surface area (Å²) in [5, 5.41) is 0.707. The summed E-state index contributed by atoms with van der Waals surface area (Å²) in [6, 6.07) is 5.63. The van der Waals surface area contributed by atoms with E-state index in [0.29, 0.717) is 36.4 Å². The highest BCUT2D eigenvalue weighted by Gasteiger charge is 2.24. The van der Waals surface area contributed by atoms with E-state index < -0.39 is 5.82 Å². The minimum atomic E-state index is -0.506. The second-order valence-corrected chi connectivity index (χ2v) is 6.85. The van der Waals surface area contributed by atoms with Crippen LogP contribution >= 0.6 is 23.2 Å². The lowest BCUT2D eigenvalue weighted by atomic mass is 9.97. The van der Waals surface area contributed by atoms with Gasteiger partial charge in [0.15, 0.2) is 0 Å². The SMILES string of the molecule is O=C(c1cc(F)cc(Cl)c1)N1CCC(COc2ccncc2Cl)CC1. The molecule has 0 radical (unpaired) electrons. The number of rotatable bonds is 4. The van der Waals surface area contributed by atoms with E-state index in [-0.39, 0.29) is 16.5 Å². The number of pyridine rings is 1. The standard InChI is InChI=1S/C18H17Cl2FN2O2/c19-14-7-13(8-15(21)9-14)18(24)23-5-2-12(3-6-23)11-25-17-1-4-22-10-16(17)20/h1,4,7-10,12H,2-3,5-6,11H2. The second-order valence-electron chi connectivity index (χ2n) is 6.01. The predicted octanol–water partition coefficient (Wildman–Crippen LogP) is 4.46. The van der Waals surface area contributed by atoms with Crippen LogP contribution in [0.1, 0.15) is 23.2 Å². The molecule has 0 aliphatic carbocycles. The minimum absolute atomic E-state index is 0.196. The third-order valence-electron chi connectivity index (χ3n) is 4.22. The molecule has 7 heteroatoms. The number of benzene rings is 1. The number of hydrogen-bond donors (Lipinski definition) is 0. The zero-order valence-electron chi connectivity index (χ0n) is 13.4. The number of nitrogens with zero attached hydrogens (tertiary/aromatic N) is 2. The molecule has 2 aromatic rings. The summed E-state index contributed by atoms with van der Waals surface area (Å²) in [5.74, 6) is 0.250. The van der Waals surface area contributed by atoms with Crippen LogP contribution in [0.5, 0.6) is 5.75 Å². The molecule has 0 saturated carbocycles.